The molecule has 1 heterocycles. The topological polar surface area (TPSA) is 49.4 Å². The number of carbonyl (C=O) groups excluding carboxylic acids is 2. The number of carbonyl (C=O) groups is 2. The van der Waals surface area contributed by atoms with E-state index in [1.807, 2.05) is 6.92 Å². The second kappa shape index (κ2) is 6.03. The summed E-state index contributed by atoms with van der Waals surface area (Å²) in [4.78, 5) is 25.4. The normalized spacial score (nSPS) is 16.4. The molecule has 0 saturated carbocycles. The van der Waals surface area contributed by atoms with Crippen LogP contribution in [0.3, 0.4) is 0 Å². The molecule has 4 nitrogen and oxygen atoms in total. The van der Waals surface area contributed by atoms with E-state index >= 15 is 0 Å². The lowest BCUT2D eigenvalue weighted by Crippen LogP contribution is -2.42. The van der Waals surface area contributed by atoms with Crippen LogP contribution in [0.4, 0.5) is 4.39 Å². The fraction of sp³-hybridized carbons (Fsp3) is 0.467. The molecule has 0 spiro atoms. The van der Waals surface area contributed by atoms with E-state index in [1.165, 1.54) is 18.2 Å². The van der Waals surface area contributed by atoms with Crippen molar-refractivity contribution in [3.05, 3.63) is 35.1 Å². The number of amides is 2. The van der Waals surface area contributed by atoms with Crippen LogP contribution in [0.25, 0.3) is 0 Å². The molecule has 20 heavy (non-hydrogen) atoms. The average Bonchev–Trinajstić information content (AvgIpc) is 2.74. The third kappa shape index (κ3) is 3.35. The van der Waals surface area contributed by atoms with Crippen molar-refractivity contribution >= 4 is 11.8 Å². The third-order valence-electron chi connectivity index (χ3n) is 3.48. The van der Waals surface area contributed by atoms with E-state index in [-0.39, 0.29) is 23.7 Å². The standard InChI is InChI=1S/C15H19FN2O2/c1-10-8-12(16)5-6-13(10)15(20)17-11(2)9-18-7-3-4-14(18)19/h5-6,8,11H,3-4,7,9H2,1-2H3,(H,17,20). The van der Waals surface area contributed by atoms with Crippen LogP contribution in [-0.4, -0.2) is 35.8 Å². The molecule has 0 aliphatic carbocycles. The summed E-state index contributed by atoms with van der Waals surface area (Å²) in [5.74, 6) is -0.444. The van der Waals surface area contributed by atoms with Gasteiger partial charge in [-0.15, -0.1) is 0 Å². The highest BCUT2D eigenvalue weighted by Gasteiger charge is 2.22. The maximum absolute atomic E-state index is 13.0. The van der Waals surface area contributed by atoms with Crippen LogP contribution in [0.2, 0.25) is 0 Å². The van der Waals surface area contributed by atoms with Gasteiger partial charge in [-0.2, -0.15) is 0 Å². The van der Waals surface area contributed by atoms with Gasteiger partial charge >= 0.3 is 0 Å². The summed E-state index contributed by atoms with van der Waals surface area (Å²) in [6.45, 7) is 4.84. The van der Waals surface area contributed by atoms with Crippen LogP contribution >= 0.6 is 0 Å². The van der Waals surface area contributed by atoms with Gasteiger partial charge in [0.05, 0.1) is 0 Å². The molecule has 1 atom stereocenters. The molecule has 1 aliphatic rings. The SMILES string of the molecule is Cc1cc(F)ccc1C(=O)NC(C)CN1CCCC1=O. The molecule has 1 fully saturated rings. The highest BCUT2D eigenvalue weighted by atomic mass is 19.1. The number of hydrogen-bond acceptors (Lipinski definition) is 2. The van der Waals surface area contributed by atoms with E-state index in [4.69, 9.17) is 0 Å². The number of nitrogens with one attached hydrogen (secondary N) is 1. The zero-order valence-electron chi connectivity index (χ0n) is 11.8. The molecular weight excluding hydrogens is 259 g/mol. The first-order chi connectivity index (χ1) is 9.47. The lowest BCUT2D eigenvalue weighted by Gasteiger charge is -2.22. The number of rotatable bonds is 4. The van der Waals surface area contributed by atoms with Crippen LogP contribution in [-0.2, 0) is 4.79 Å². The first-order valence-corrected chi connectivity index (χ1v) is 6.82. The van der Waals surface area contributed by atoms with Crippen LogP contribution in [0, 0.1) is 12.7 Å². The van der Waals surface area contributed by atoms with Crippen molar-refractivity contribution in [1.29, 1.82) is 0 Å². The Balaban J connectivity index is 1.95. The maximum Gasteiger partial charge on any atom is 0.251 e. The molecular formula is C15H19FN2O2. The summed E-state index contributed by atoms with van der Waals surface area (Å²) in [5, 5.41) is 2.85. The molecule has 0 bridgehead atoms. The first-order valence-electron chi connectivity index (χ1n) is 6.82. The van der Waals surface area contributed by atoms with E-state index in [2.05, 4.69) is 5.32 Å². The highest BCUT2D eigenvalue weighted by Crippen LogP contribution is 2.12. The van der Waals surface area contributed by atoms with Crippen molar-refractivity contribution in [2.45, 2.75) is 32.7 Å². The van der Waals surface area contributed by atoms with Gasteiger partial charge in [0.25, 0.3) is 5.91 Å². The molecule has 5 heteroatoms. The smallest absolute Gasteiger partial charge is 0.251 e. The van der Waals surface area contributed by atoms with Crippen molar-refractivity contribution in [1.82, 2.24) is 10.2 Å². The van der Waals surface area contributed by atoms with E-state index < -0.39 is 0 Å². The van der Waals surface area contributed by atoms with Gasteiger partial charge in [-0.3, -0.25) is 9.59 Å². The van der Waals surface area contributed by atoms with Crippen molar-refractivity contribution < 1.29 is 14.0 Å². The minimum atomic E-state index is -0.352. The van der Waals surface area contributed by atoms with Gasteiger partial charge in [0.1, 0.15) is 5.82 Å². The van der Waals surface area contributed by atoms with Gasteiger partial charge in [-0.1, -0.05) is 0 Å². The Morgan fingerprint density at radius 1 is 1.50 bits per heavy atom. The van der Waals surface area contributed by atoms with Gasteiger partial charge < -0.3 is 10.2 Å². The van der Waals surface area contributed by atoms with Crippen molar-refractivity contribution in [2.75, 3.05) is 13.1 Å². The predicted molar refractivity (Wildman–Crippen MR) is 73.9 cm³/mol. The number of hydrogen-bond donors (Lipinski definition) is 1. The summed E-state index contributed by atoms with van der Waals surface area (Å²) < 4.78 is 13.0. The molecule has 1 saturated heterocycles. The van der Waals surface area contributed by atoms with E-state index in [0.717, 1.165) is 13.0 Å². The number of aryl methyl sites for hydroxylation is 1. The molecule has 1 aliphatic heterocycles. The molecule has 108 valence electrons. The van der Waals surface area contributed by atoms with Gasteiger partial charge in [-0.25, -0.2) is 4.39 Å². The van der Waals surface area contributed by atoms with Crippen LogP contribution in [0.5, 0.6) is 0 Å². The molecule has 1 aromatic rings. The number of halogens is 1. The minimum absolute atomic E-state index is 0.131. The minimum Gasteiger partial charge on any atom is -0.348 e. The largest absolute Gasteiger partial charge is 0.348 e. The van der Waals surface area contributed by atoms with Crippen molar-refractivity contribution in [2.24, 2.45) is 0 Å². The Hall–Kier alpha value is -1.91. The van der Waals surface area contributed by atoms with Gasteiger partial charge in [0.2, 0.25) is 5.91 Å². The molecule has 2 rings (SSSR count). The maximum atomic E-state index is 13.0. The summed E-state index contributed by atoms with van der Waals surface area (Å²) in [7, 11) is 0. The van der Waals surface area contributed by atoms with Crippen molar-refractivity contribution in [3.8, 4) is 0 Å². The monoisotopic (exact) mass is 278 g/mol. The van der Waals surface area contributed by atoms with Crippen LogP contribution in [0.15, 0.2) is 18.2 Å². The van der Waals surface area contributed by atoms with Gasteiger partial charge in [0.15, 0.2) is 0 Å². The highest BCUT2D eigenvalue weighted by molar-refractivity contribution is 5.95. The third-order valence-corrected chi connectivity index (χ3v) is 3.48. The molecule has 0 radical (unpaired) electrons. The van der Waals surface area contributed by atoms with E-state index in [0.29, 0.717) is 24.1 Å². The van der Waals surface area contributed by atoms with E-state index in [1.54, 1.807) is 11.8 Å². The quantitative estimate of drug-likeness (QED) is 0.914. The fourth-order valence-electron chi connectivity index (χ4n) is 2.46. The number of benzene rings is 1. The molecule has 2 amide bonds. The Morgan fingerprint density at radius 2 is 2.25 bits per heavy atom. The second-order valence-corrected chi connectivity index (χ2v) is 5.28. The van der Waals surface area contributed by atoms with Crippen LogP contribution < -0.4 is 5.32 Å². The second-order valence-electron chi connectivity index (χ2n) is 5.28. The van der Waals surface area contributed by atoms with Crippen molar-refractivity contribution in [3.63, 3.8) is 0 Å². The number of nitrogens with zero attached hydrogens (tertiary/aromatic N) is 1. The molecule has 0 aromatic heterocycles. The Morgan fingerprint density at radius 3 is 2.85 bits per heavy atom. The zero-order chi connectivity index (χ0) is 14.7. The predicted octanol–water partition coefficient (Wildman–Crippen LogP) is 1.87. The Labute approximate surface area is 118 Å². The van der Waals surface area contributed by atoms with Crippen LogP contribution in [0.1, 0.15) is 35.7 Å². The lowest BCUT2D eigenvalue weighted by atomic mass is 10.1. The Kier molecular flexibility index (Phi) is 4.37. The summed E-state index contributed by atoms with van der Waals surface area (Å²) in [5.41, 5.74) is 1.07. The number of likely N-dealkylation sites (tertiary alicyclic amines) is 1. The summed E-state index contributed by atoms with van der Waals surface area (Å²) >= 11 is 0. The van der Waals surface area contributed by atoms with E-state index in [9.17, 15) is 14.0 Å². The summed E-state index contributed by atoms with van der Waals surface area (Å²) in [6, 6.07) is 3.96. The Bertz CT molecular complexity index is 531. The molecule has 1 unspecified atom stereocenters. The average molecular weight is 278 g/mol. The summed E-state index contributed by atoms with van der Waals surface area (Å²) in [6.07, 6.45) is 1.48. The lowest BCUT2D eigenvalue weighted by molar-refractivity contribution is -0.127. The zero-order valence-corrected chi connectivity index (χ0v) is 11.8. The van der Waals surface area contributed by atoms with Gasteiger partial charge in [0, 0.05) is 31.1 Å². The molecule has 1 N–H and O–H groups in total. The first kappa shape index (κ1) is 14.5. The fourth-order valence-corrected chi connectivity index (χ4v) is 2.46. The molecule has 1 aromatic carbocycles. The van der Waals surface area contributed by atoms with Gasteiger partial charge in [-0.05, 0) is 44.0 Å².